The van der Waals surface area contributed by atoms with Gasteiger partial charge in [0.15, 0.2) is 0 Å². The van der Waals surface area contributed by atoms with Gasteiger partial charge in [-0.15, -0.1) is 0 Å². The van der Waals surface area contributed by atoms with Crippen LogP contribution in [0.25, 0.3) is 0 Å². The van der Waals surface area contributed by atoms with Crippen LogP contribution in [-0.2, 0) is 6.61 Å². The minimum absolute atomic E-state index is 0.151. The van der Waals surface area contributed by atoms with Crippen LogP contribution in [0.2, 0.25) is 5.15 Å². The van der Waals surface area contributed by atoms with Gasteiger partial charge in [0, 0.05) is 20.1 Å². The maximum absolute atomic E-state index is 9.22. The molecule has 90 valence electrons. The number of aliphatic hydroxyl groups excluding tert-OH is 1. The molecule has 0 atom stereocenters. The molecule has 1 aromatic rings. The lowest BCUT2D eigenvalue weighted by molar-refractivity contribution is 0.281. The van der Waals surface area contributed by atoms with E-state index in [1.54, 1.807) is 0 Å². The Morgan fingerprint density at radius 2 is 1.94 bits per heavy atom. The van der Waals surface area contributed by atoms with Gasteiger partial charge in [0.05, 0.1) is 12.2 Å². The molecule has 0 aliphatic heterocycles. The van der Waals surface area contributed by atoms with Gasteiger partial charge in [0.2, 0.25) is 0 Å². The molecular formula is C10H17ClN4O. The van der Waals surface area contributed by atoms with E-state index in [1.165, 1.54) is 6.33 Å². The SMILES string of the molecule is CN(C)CCN(C)c1ncnc(Cl)c1CO. The number of halogens is 1. The van der Waals surface area contributed by atoms with Crippen molar-refractivity contribution in [3.8, 4) is 0 Å². The van der Waals surface area contributed by atoms with E-state index in [1.807, 2.05) is 26.0 Å². The molecule has 5 nitrogen and oxygen atoms in total. The molecule has 0 aromatic carbocycles. The van der Waals surface area contributed by atoms with Crippen LogP contribution >= 0.6 is 11.6 Å². The minimum atomic E-state index is -0.151. The van der Waals surface area contributed by atoms with Gasteiger partial charge in [0.1, 0.15) is 17.3 Å². The van der Waals surface area contributed by atoms with Gasteiger partial charge in [-0.05, 0) is 14.1 Å². The van der Waals surface area contributed by atoms with Crippen molar-refractivity contribution in [2.24, 2.45) is 0 Å². The molecule has 0 amide bonds. The number of hydrogen-bond donors (Lipinski definition) is 1. The van der Waals surface area contributed by atoms with Crippen LogP contribution in [0.5, 0.6) is 0 Å². The number of aromatic nitrogens is 2. The molecule has 0 saturated carbocycles. The molecule has 0 radical (unpaired) electrons. The van der Waals surface area contributed by atoms with Crippen LogP contribution in [0.4, 0.5) is 5.82 Å². The third kappa shape index (κ3) is 3.30. The van der Waals surface area contributed by atoms with Crippen molar-refractivity contribution in [1.82, 2.24) is 14.9 Å². The Balaban J connectivity index is 2.82. The summed E-state index contributed by atoms with van der Waals surface area (Å²) >= 11 is 5.89. The Bertz CT molecular complexity index is 346. The second-order valence-corrected chi connectivity index (χ2v) is 4.21. The summed E-state index contributed by atoms with van der Waals surface area (Å²) < 4.78 is 0. The number of nitrogens with zero attached hydrogens (tertiary/aromatic N) is 4. The van der Waals surface area contributed by atoms with E-state index in [9.17, 15) is 5.11 Å². The van der Waals surface area contributed by atoms with E-state index >= 15 is 0 Å². The van der Waals surface area contributed by atoms with E-state index in [0.717, 1.165) is 13.1 Å². The molecule has 0 aliphatic carbocycles. The zero-order valence-corrected chi connectivity index (χ0v) is 10.6. The van der Waals surface area contributed by atoms with Crippen molar-refractivity contribution < 1.29 is 5.11 Å². The Morgan fingerprint density at radius 1 is 1.25 bits per heavy atom. The zero-order chi connectivity index (χ0) is 12.1. The summed E-state index contributed by atoms with van der Waals surface area (Å²) in [6.45, 7) is 1.57. The minimum Gasteiger partial charge on any atom is -0.391 e. The van der Waals surface area contributed by atoms with Crippen LogP contribution < -0.4 is 4.90 Å². The number of hydrogen-bond acceptors (Lipinski definition) is 5. The third-order valence-electron chi connectivity index (χ3n) is 2.27. The van der Waals surface area contributed by atoms with Gasteiger partial charge in [0.25, 0.3) is 0 Å². The van der Waals surface area contributed by atoms with Crippen LogP contribution in [0.1, 0.15) is 5.56 Å². The number of likely N-dealkylation sites (N-methyl/N-ethyl adjacent to an activating group) is 2. The number of anilines is 1. The first kappa shape index (κ1) is 13.2. The van der Waals surface area contributed by atoms with Gasteiger partial charge in [-0.2, -0.15) is 0 Å². The topological polar surface area (TPSA) is 52.5 Å². The van der Waals surface area contributed by atoms with Crippen LogP contribution in [0, 0.1) is 0 Å². The average Bonchev–Trinajstić information content (AvgIpc) is 2.25. The normalized spacial score (nSPS) is 10.9. The summed E-state index contributed by atoms with van der Waals surface area (Å²) in [6, 6.07) is 0. The Kier molecular flexibility index (Phi) is 4.92. The van der Waals surface area contributed by atoms with E-state index in [-0.39, 0.29) is 6.61 Å². The van der Waals surface area contributed by atoms with Crippen LogP contribution in [0.3, 0.4) is 0 Å². The number of aliphatic hydroxyl groups is 1. The molecule has 0 spiro atoms. The highest BCUT2D eigenvalue weighted by molar-refractivity contribution is 6.30. The second kappa shape index (κ2) is 5.98. The predicted molar refractivity (Wildman–Crippen MR) is 64.8 cm³/mol. The highest BCUT2D eigenvalue weighted by atomic mass is 35.5. The molecule has 0 aliphatic rings. The van der Waals surface area contributed by atoms with E-state index in [4.69, 9.17) is 11.6 Å². The van der Waals surface area contributed by atoms with Gasteiger partial charge < -0.3 is 14.9 Å². The quantitative estimate of drug-likeness (QED) is 0.770. The molecule has 0 fully saturated rings. The van der Waals surface area contributed by atoms with Crippen molar-refractivity contribution in [2.45, 2.75) is 6.61 Å². The second-order valence-electron chi connectivity index (χ2n) is 3.85. The smallest absolute Gasteiger partial charge is 0.140 e. The largest absolute Gasteiger partial charge is 0.391 e. The van der Waals surface area contributed by atoms with Gasteiger partial charge in [-0.3, -0.25) is 0 Å². The first-order chi connectivity index (χ1) is 7.56. The Morgan fingerprint density at radius 3 is 2.50 bits per heavy atom. The molecule has 0 unspecified atom stereocenters. The third-order valence-corrected chi connectivity index (χ3v) is 2.60. The summed E-state index contributed by atoms with van der Waals surface area (Å²) in [4.78, 5) is 12.0. The highest BCUT2D eigenvalue weighted by Crippen LogP contribution is 2.21. The molecule has 1 aromatic heterocycles. The lowest BCUT2D eigenvalue weighted by Crippen LogP contribution is -2.29. The molecule has 1 rings (SSSR count). The van der Waals surface area contributed by atoms with Crippen LogP contribution in [-0.4, -0.2) is 54.2 Å². The fraction of sp³-hybridized carbons (Fsp3) is 0.600. The van der Waals surface area contributed by atoms with E-state index < -0.39 is 0 Å². The maximum Gasteiger partial charge on any atom is 0.140 e. The van der Waals surface area contributed by atoms with Crippen molar-refractivity contribution >= 4 is 17.4 Å². The zero-order valence-electron chi connectivity index (χ0n) is 9.81. The average molecular weight is 245 g/mol. The van der Waals surface area contributed by atoms with Crippen molar-refractivity contribution in [3.05, 3.63) is 17.0 Å². The number of rotatable bonds is 5. The van der Waals surface area contributed by atoms with Crippen molar-refractivity contribution in [2.75, 3.05) is 39.1 Å². The molecule has 16 heavy (non-hydrogen) atoms. The first-order valence-electron chi connectivity index (χ1n) is 5.02. The Hall–Kier alpha value is -0.910. The maximum atomic E-state index is 9.22. The molecule has 1 N–H and O–H groups in total. The monoisotopic (exact) mass is 244 g/mol. The summed E-state index contributed by atoms with van der Waals surface area (Å²) in [7, 11) is 5.93. The summed E-state index contributed by atoms with van der Waals surface area (Å²) in [5.74, 6) is 0.685. The molecule has 1 heterocycles. The van der Waals surface area contributed by atoms with E-state index in [2.05, 4.69) is 14.9 Å². The molecule has 0 bridgehead atoms. The standard InChI is InChI=1S/C10H17ClN4O/c1-14(2)4-5-15(3)10-8(6-16)9(11)12-7-13-10/h7,16H,4-6H2,1-3H3. The summed E-state index contributed by atoms with van der Waals surface area (Å²) in [6.07, 6.45) is 1.41. The summed E-state index contributed by atoms with van der Waals surface area (Å²) in [5.41, 5.74) is 0.574. The van der Waals surface area contributed by atoms with E-state index in [0.29, 0.717) is 16.5 Å². The first-order valence-corrected chi connectivity index (χ1v) is 5.40. The lowest BCUT2D eigenvalue weighted by Gasteiger charge is -2.22. The van der Waals surface area contributed by atoms with Crippen molar-refractivity contribution in [1.29, 1.82) is 0 Å². The molecule has 0 saturated heterocycles. The highest BCUT2D eigenvalue weighted by Gasteiger charge is 2.12. The van der Waals surface area contributed by atoms with Gasteiger partial charge in [-0.25, -0.2) is 9.97 Å². The lowest BCUT2D eigenvalue weighted by atomic mass is 10.3. The van der Waals surface area contributed by atoms with Crippen molar-refractivity contribution in [3.63, 3.8) is 0 Å². The van der Waals surface area contributed by atoms with Crippen LogP contribution in [0.15, 0.2) is 6.33 Å². The molecular weight excluding hydrogens is 228 g/mol. The predicted octanol–water partition coefficient (Wildman–Crippen LogP) is 0.620. The fourth-order valence-electron chi connectivity index (χ4n) is 1.30. The van der Waals surface area contributed by atoms with Gasteiger partial charge in [-0.1, -0.05) is 11.6 Å². The van der Waals surface area contributed by atoms with Gasteiger partial charge >= 0.3 is 0 Å². The molecule has 6 heteroatoms. The fourth-order valence-corrected chi connectivity index (χ4v) is 1.49. The summed E-state index contributed by atoms with van der Waals surface area (Å²) in [5, 5.41) is 9.53. The Labute approximate surface area is 101 Å².